The molecule has 3 aromatic carbocycles. The lowest BCUT2D eigenvalue weighted by atomic mass is 9.89. The van der Waals surface area contributed by atoms with Crippen molar-refractivity contribution in [2.75, 3.05) is 0 Å². The van der Waals surface area contributed by atoms with Crippen molar-refractivity contribution in [2.45, 2.75) is 32.4 Å². The van der Waals surface area contributed by atoms with E-state index in [9.17, 15) is 18.3 Å². The van der Waals surface area contributed by atoms with Crippen LogP contribution in [0.25, 0.3) is 22.2 Å². The van der Waals surface area contributed by atoms with Crippen LogP contribution in [0.2, 0.25) is 0 Å². The van der Waals surface area contributed by atoms with Gasteiger partial charge in [-0.15, -0.1) is 13.2 Å². The third-order valence-electron chi connectivity index (χ3n) is 4.86. The number of fused-ring (bicyclic) bond motifs is 1. The summed E-state index contributed by atoms with van der Waals surface area (Å²) in [4.78, 5) is 7.70. The van der Waals surface area contributed by atoms with Crippen molar-refractivity contribution in [3.63, 3.8) is 0 Å². The Morgan fingerprint density at radius 3 is 2.31 bits per heavy atom. The minimum atomic E-state index is -4.73. The number of halogens is 3. The molecule has 5 nitrogen and oxygen atoms in total. The van der Waals surface area contributed by atoms with Crippen LogP contribution in [0.5, 0.6) is 11.5 Å². The van der Waals surface area contributed by atoms with E-state index in [1.54, 1.807) is 13.8 Å². The predicted octanol–water partition coefficient (Wildman–Crippen LogP) is 5.93. The summed E-state index contributed by atoms with van der Waals surface area (Å²) in [7, 11) is 0. The molecule has 0 aliphatic heterocycles. The molecule has 0 saturated heterocycles. The average molecular weight is 442 g/mol. The number of ether oxygens (including phenoxy) is 2. The second-order valence-corrected chi connectivity index (χ2v) is 7.83. The van der Waals surface area contributed by atoms with Crippen molar-refractivity contribution in [2.24, 2.45) is 0 Å². The Labute approximate surface area is 182 Å². The molecule has 4 aromatic rings. The number of aromatic amines is 1. The van der Waals surface area contributed by atoms with E-state index in [0.29, 0.717) is 11.6 Å². The van der Waals surface area contributed by atoms with Gasteiger partial charge in [-0.25, -0.2) is 4.98 Å². The molecule has 8 heteroatoms. The number of aliphatic hydroxyl groups is 1. The van der Waals surface area contributed by atoms with Crippen molar-refractivity contribution in [3.8, 4) is 22.6 Å². The first-order valence-corrected chi connectivity index (χ1v) is 9.88. The summed E-state index contributed by atoms with van der Waals surface area (Å²) in [5.74, 6) is 0.649. The molecule has 2 N–H and O–H groups in total. The molecule has 0 fully saturated rings. The van der Waals surface area contributed by atoms with Crippen LogP contribution in [0.1, 0.15) is 25.2 Å². The van der Waals surface area contributed by atoms with Gasteiger partial charge in [0, 0.05) is 0 Å². The lowest BCUT2D eigenvalue weighted by Gasteiger charge is -2.21. The summed E-state index contributed by atoms with van der Waals surface area (Å²) >= 11 is 0. The van der Waals surface area contributed by atoms with Crippen LogP contribution in [-0.2, 0) is 12.2 Å². The fourth-order valence-corrected chi connectivity index (χ4v) is 3.46. The second-order valence-electron chi connectivity index (χ2n) is 7.83. The SMILES string of the molecule is CC(C)(O)c1ccccc1-c1ccc2nc(COc3ccc(OC(F)(F)F)cc3)[nH]c2c1. The predicted molar refractivity (Wildman–Crippen MR) is 114 cm³/mol. The van der Waals surface area contributed by atoms with Crippen LogP contribution >= 0.6 is 0 Å². The summed E-state index contributed by atoms with van der Waals surface area (Å²) < 4.78 is 46.2. The van der Waals surface area contributed by atoms with Gasteiger partial charge in [0.1, 0.15) is 23.9 Å². The molecule has 0 amide bonds. The summed E-state index contributed by atoms with van der Waals surface area (Å²) in [6.07, 6.45) is -4.73. The van der Waals surface area contributed by atoms with Crippen LogP contribution in [0, 0.1) is 0 Å². The first kappa shape index (κ1) is 21.7. The van der Waals surface area contributed by atoms with E-state index in [2.05, 4.69) is 14.7 Å². The van der Waals surface area contributed by atoms with Crippen molar-refractivity contribution >= 4 is 11.0 Å². The average Bonchev–Trinajstić information content (AvgIpc) is 3.14. The molecular formula is C24H21F3N2O3. The minimum absolute atomic E-state index is 0.115. The number of imidazole rings is 1. The third kappa shape index (κ3) is 5.03. The highest BCUT2D eigenvalue weighted by Gasteiger charge is 2.31. The summed E-state index contributed by atoms with van der Waals surface area (Å²) in [5.41, 5.74) is 3.25. The molecule has 0 aliphatic carbocycles. The van der Waals surface area contributed by atoms with Crippen LogP contribution in [0.3, 0.4) is 0 Å². The van der Waals surface area contributed by atoms with Crippen LogP contribution in [-0.4, -0.2) is 21.4 Å². The van der Waals surface area contributed by atoms with Gasteiger partial charge >= 0.3 is 6.36 Å². The Kier molecular flexibility index (Phi) is 5.56. The molecule has 32 heavy (non-hydrogen) atoms. The zero-order valence-corrected chi connectivity index (χ0v) is 17.4. The Bertz CT molecular complexity index is 1230. The molecule has 1 heterocycles. The van der Waals surface area contributed by atoms with E-state index in [1.807, 2.05) is 42.5 Å². The number of alkyl halides is 3. The Morgan fingerprint density at radius 2 is 1.62 bits per heavy atom. The number of aromatic nitrogens is 2. The maximum atomic E-state index is 12.3. The van der Waals surface area contributed by atoms with Gasteiger partial charge in [-0.05, 0) is 66.9 Å². The molecule has 0 saturated carbocycles. The fourth-order valence-electron chi connectivity index (χ4n) is 3.46. The summed E-state index contributed by atoms with van der Waals surface area (Å²) in [5, 5.41) is 10.5. The maximum Gasteiger partial charge on any atom is 0.573 e. The molecule has 0 aliphatic rings. The number of nitrogens with one attached hydrogen (secondary N) is 1. The fraction of sp³-hybridized carbons (Fsp3) is 0.208. The standard InChI is InChI=1S/C24H21F3N2O3/c1-23(2,30)19-6-4-3-5-18(19)15-7-12-20-21(13-15)29-22(28-20)14-31-16-8-10-17(11-9-16)32-24(25,26)27/h3-13,30H,14H2,1-2H3,(H,28,29). The van der Waals surface area contributed by atoms with Gasteiger partial charge in [-0.3, -0.25) is 0 Å². The first-order chi connectivity index (χ1) is 15.1. The van der Waals surface area contributed by atoms with Gasteiger partial charge in [-0.2, -0.15) is 0 Å². The highest BCUT2D eigenvalue weighted by atomic mass is 19.4. The minimum Gasteiger partial charge on any atom is -0.486 e. The third-order valence-corrected chi connectivity index (χ3v) is 4.86. The molecule has 0 atom stereocenters. The second kappa shape index (κ2) is 8.20. The van der Waals surface area contributed by atoms with Gasteiger partial charge in [0.25, 0.3) is 0 Å². The van der Waals surface area contributed by atoms with E-state index in [1.165, 1.54) is 24.3 Å². The molecule has 4 rings (SSSR count). The van der Waals surface area contributed by atoms with Gasteiger partial charge < -0.3 is 19.6 Å². The van der Waals surface area contributed by atoms with E-state index < -0.39 is 12.0 Å². The number of H-pyrrole nitrogens is 1. The molecular weight excluding hydrogens is 421 g/mol. The van der Waals surface area contributed by atoms with Crippen molar-refractivity contribution in [3.05, 3.63) is 78.1 Å². The zero-order valence-electron chi connectivity index (χ0n) is 17.4. The Morgan fingerprint density at radius 1 is 0.938 bits per heavy atom. The van der Waals surface area contributed by atoms with E-state index in [-0.39, 0.29) is 12.4 Å². The number of hydrogen-bond acceptors (Lipinski definition) is 4. The zero-order chi connectivity index (χ0) is 22.9. The molecule has 166 valence electrons. The highest BCUT2D eigenvalue weighted by molar-refractivity contribution is 5.83. The van der Waals surface area contributed by atoms with Crippen molar-refractivity contribution in [1.82, 2.24) is 9.97 Å². The molecule has 0 spiro atoms. The van der Waals surface area contributed by atoms with Gasteiger partial charge in [0.05, 0.1) is 16.6 Å². The molecule has 0 bridgehead atoms. The quantitative estimate of drug-likeness (QED) is 0.388. The summed E-state index contributed by atoms with van der Waals surface area (Å²) in [6.45, 7) is 3.61. The lowest BCUT2D eigenvalue weighted by Crippen LogP contribution is -2.16. The van der Waals surface area contributed by atoms with Gasteiger partial charge in [0.2, 0.25) is 0 Å². The van der Waals surface area contributed by atoms with Crippen LogP contribution in [0.15, 0.2) is 66.7 Å². The number of hydrogen-bond donors (Lipinski definition) is 2. The summed E-state index contributed by atoms with van der Waals surface area (Å²) in [6, 6.07) is 18.6. The van der Waals surface area contributed by atoms with Crippen LogP contribution in [0.4, 0.5) is 13.2 Å². The monoisotopic (exact) mass is 442 g/mol. The normalized spacial score (nSPS) is 12.2. The Hall–Kier alpha value is -3.52. The van der Waals surface area contributed by atoms with Gasteiger partial charge in [-0.1, -0.05) is 30.3 Å². The maximum absolute atomic E-state index is 12.3. The van der Waals surface area contributed by atoms with E-state index in [4.69, 9.17) is 4.74 Å². The van der Waals surface area contributed by atoms with Crippen LogP contribution < -0.4 is 9.47 Å². The van der Waals surface area contributed by atoms with E-state index >= 15 is 0 Å². The van der Waals surface area contributed by atoms with Crippen molar-refractivity contribution in [1.29, 1.82) is 0 Å². The molecule has 1 aromatic heterocycles. The molecule has 0 radical (unpaired) electrons. The van der Waals surface area contributed by atoms with Crippen molar-refractivity contribution < 1.29 is 27.8 Å². The number of nitrogens with zero attached hydrogens (tertiary/aromatic N) is 1. The Balaban J connectivity index is 1.51. The van der Waals surface area contributed by atoms with Gasteiger partial charge in [0.15, 0.2) is 0 Å². The largest absolute Gasteiger partial charge is 0.573 e. The molecule has 0 unspecified atom stereocenters. The highest BCUT2D eigenvalue weighted by Crippen LogP contribution is 2.33. The number of rotatable bonds is 6. The van der Waals surface area contributed by atoms with E-state index in [0.717, 1.165) is 27.7 Å². The first-order valence-electron chi connectivity index (χ1n) is 9.88. The number of benzene rings is 3. The topological polar surface area (TPSA) is 67.4 Å². The smallest absolute Gasteiger partial charge is 0.486 e. The lowest BCUT2D eigenvalue weighted by molar-refractivity contribution is -0.274.